The lowest BCUT2D eigenvalue weighted by atomic mass is 9.74. The topological polar surface area (TPSA) is 49.9 Å². The Labute approximate surface area is 236 Å². The van der Waals surface area contributed by atoms with Crippen LogP contribution < -0.4 is 4.74 Å². The summed E-state index contributed by atoms with van der Waals surface area (Å²) >= 11 is 6.23. The quantitative estimate of drug-likeness (QED) is 0.383. The Balaban J connectivity index is 1.40. The second kappa shape index (κ2) is 11.9. The highest BCUT2D eigenvalue weighted by Crippen LogP contribution is 2.45. The molecule has 0 bridgehead atoms. The minimum atomic E-state index is -0.698. The van der Waals surface area contributed by atoms with Gasteiger partial charge in [-0.15, -0.1) is 0 Å². The molecule has 1 atom stereocenters. The molecule has 39 heavy (non-hydrogen) atoms. The van der Waals surface area contributed by atoms with Crippen LogP contribution in [0.25, 0.3) is 0 Å². The molecule has 0 unspecified atom stereocenters. The van der Waals surface area contributed by atoms with Crippen molar-refractivity contribution in [1.29, 1.82) is 0 Å². The van der Waals surface area contributed by atoms with E-state index in [1.165, 1.54) is 18.6 Å². The first-order chi connectivity index (χ1) is 18.8. The van der Waals surface area contributed by atoms with E-state index in [9.17, 15) is 14.0 Å². The Morgan fingerprint density at radius 3 is 2.38 bits per heavy atom. The summed E-state index contributed by atoms with van der Waals surface area (Å²) in [6.07, 6.45) is 8.59. The molecule has 2 amide bonds. The van der Waals surface area contributed by atoms with Crippen molar-refractivity contribution in [1.82, 2.24) is 9.80 Å². The number of ether oxygens (including phenoxy) is 1. The van der Waals surface area contributed by atoms with Gasteiger partial charge in [-0.1, -0.05) is 36.6 Å². The van der Waals surface area contributed by atoms with Gasteiger partial charge in [0.1, 0.15) is 11.6 Å². The first-order valence-electron chi connectivity index (χ1n) is 14.5. The van der Waals surface area contributed by atoms with E-state index in [0.717, 1.165) is 81.3 Å². The van der Waals surface area contributed by atoms with Crippen molar-refractivity contribution in [3.63, 3.8) is 0 Å². The van der Waals surface area contributed by atoms with Crippen LogP contribution >= 0.6 is 11.6 Å². The molecule has 3 aliphatic rings. The van der Waals surface area contributed by atoms with Gasteiger partial charge in [-0.2, -0.15) is 0 Å². The molecular weight excluding hydrogens is 515 g/mol. The number of likely N-dealkylation sites (tertiary alicyclic amines) is 2. The molecule has 2 saturated heterocycles. The van der Waals surface area contributed by atoms with E-state index >= 15 is 0 Å². The number of carbonyl (C=O) groups excluding carboxylic acids is 2. The van der Waals surface area contributed by atoms with Crippen LogP contribution in [-0.2, 0) is 15.0 Å². The predicted molar refractivity (Wildman–Crippen MR) is 152 cm³/mol. The number of piperidine rings is 2. The summed E-state index contributed by atoms with van der Waals surface area (Å²) in [6, 6.07) is 12.2. The highest BCUT2D eigenvalue weighted by Gasteiger charge is 2.48. The van der Waals surface area contributed by atoms with Crippen LogP contribution in [0.3, 0.4) is 0 Å². The number of carbonyl (C=O) groups is 2. The van der Waals surface area contributed by atoms with E-state index in [1.807, 2.05) is 41.0 Å². The van der Waals surface area contributed by atoms with Gasteiger partial charge in [0.15, 0.2) is 0 Å². The predicted octanol–water partition coefficient (Wildman–Crippen LogP) is 6.69. The summed E-state index contributed by atoms with van der Waals surface area (Å²) in [5.41, 5.74) is 0.526. The van der Waals surface area contributed by atoms with Crippen LogP contribution in [0.5, 0.6) is 5.75 Å². The highest BCUT2D eigenvalue weighted by molar-refractivity contribution is 6.31. The molecule has 5 rings (SSSR count). The monoisotopic (exact) mass is 554 g/mol. The van der Waals surface area contributed by atoms with E-state index in [0.29, 0.717) is 31.1 Å². The van der Waals surface area contributed by atoms with Crippen molar-refractivity contribution in [2.24, 2.45) is 5.41 Å². The van der Waals surface area contributed by atoms with E-state index in [-0.39, 0.29) is 17.6 Å². The highest BCUT2D eigenvalue weighted by atomic mass is 35.5. The molecule has 0 spiro atoms. The van der Waals surface area contributed by atoms with Crippen molar-refractivity contribution >= 4 is 23.4 Å². The smallest absolute Gasteiger partial charge is 0.233 e. The molecule has 0 N–H and O–H groups in total. The van der Waals surface area contributed by atoms with Gasteiger partial charge < -0.3 is 14.5 Å². The third-order valence-electron chi connectivity index (χ3n) is 9.10. The number of benzene rings is 2. The SMILES string of the molecule is Cc1cc(OC[C@@]2(CC(=O)N3CCCCC3)CCCN(C(=O)C3(c4cccc(F)c4)CCCC3)C2)ccc1Cl. The van der Waals surface area contributed by atoms with Crippen LogP contribution in [-0.4, -0.2) is 54.4 Å². The van der Waals surface area contributed by atoms with Gasteiger partial charge in [-0.25, -0.2) is 4.39 Å². The van der Waals surface area contributed by atoms with Gasteiger partial charge in [-0.3, -0.25) is 9.59 Å². The zero-order chi connectivity index (χ0) is 27.5. The maximum Gasteiger partial charge on any atom is 0.233 e. The molecule has 2 heterocycles. The third kappa shape index (κ3) is 6.11. The minimum absolute atomic E-state index is 0.0717. The van der Waals surface area contributed by atoms with Gasteiger partial charge in [-0.05, 0) is 93.3 Å². The van der Waals surface area contributed by atoms with Gasteiger partial charge >= 0.3 is 0 Å². The second-order valence-corrected chi connectivity index (χ2v) is 12.4. The van der Waals surface area contributed by atoms with Crippen LogP contribution in [0.1, 0.15) is 75.3 Å². The Morgan fingerprint density at radius 2 is 1.67 bits per heavy atom. The number of nitrogens with zero attached hydrogens (tertiary/aromatic N) is 2. The molecule has 3 fully saturated rings. The van der Waals surface area contributed by atoms with Gasteiger partial charge in [0.05, 0.1) is 12.0 Å². The van der Waals surface area contributed by atoms with Crippen molar-refractivity contribution in [2.75, 3.05) is 32.8 Å². The number of amides is 2. The largest absolute Gasteiger partial charge is 0.493 e. The van der Waals surface area contributed by atoms with Crippen molar-refractivity contribution in [3.8, 4) is 5.75 Å². The Bertz CT molecular complexity index is 1190. The van der Waals surface area contributed by atoms with Gasteiger partial charge in [0.2, 0.25) is 11.8 Å². The first-order valence-corrected chi connectivity index (χ1v) is 14.9. The number of aryl methyl sites for hydroxylation is 1. The minimum Gasteiger partial charge on any atom is -0.493 e. The second-order valence-electron chi connectivity index (χ2n) is 11.9. The van der Waals surface area contributed by atoms with E-state index in [1.54, 1.807) is 6.07 Å². The summed E-state index contributed by atoms with van der Waals surface area (Å²) in [6.45, 7) is 5.02. The summed E-state index contributed by atoms with van der Waals surface area (Å²) in [4.78, 5) is 31.8. The zero-order valence-electron chi connectivity index (χ0n) is 23.0. The average molecular weight is 555 g/mol. The van der Waals surface area contributed by atoms with Gasteiger partial charge in [0, 0.05) is 43.0 Å². The summed E-state index contributed by atoms with van der Waals surface area (Å²) in [7, 11) is 0. The number of rotatable bonds is 7. The summed E-state index contributed by atoms with van der Waals surface area (Å²) < 4.78 is 20.6. The number of hydrogen-bond donors (Lipinski definition) is 0. The number of hydrogen-bond acceptors (Lipinski definition) is 3. The number of halogens is 2. The zero-order valence-corrected chi connectivity index (χ0v) is 23.8. The standard InChI is InChI=1S/C32H40ClFN2O3/c1-24-19-27(11-12-28(24)33)39-23-31(21-29(37)35-16-5-2-6-17-35)13-8-18-36(22-31)30(38)32(14-3-4-15-32)25-9-7-10-26(34)20-25/h7,9-12,19-20H,2-6,8,13-18,21-23H2,1H3/t31-/m1/s1. The molecule has 5 nitrogen and oxygen atoms in total. The molecule has 210 valence electrons. The molecule has 0 aromatic heterocycles. The molecule has 2 aromatic rings. The lowest BCUT2D eigenvalue weighted by Crippen LogP contribution is -2.55. The maximum atomic E-state index is 14.3. The molecule has 2 aliphatic heterocycles. The van der Waals surface area contributed by atoms with Crippen LogP contribution in [0, 0.1) is 18.2 Å². The first kappa shape index (κ1) is 27.9. The molecule has 1 saturated carbocycles. The Hall–Kier alpha value is -2.60. The third-order valence-corrected chi connectivity index (χ3v) is 9.53. The lowest BCUT2D eigenvalue weighted by Gasteiger charge is -2.46. The Morgan fingerprint density at radius 1 is 0.923 bits per heavy atom. The van der Waals surface area contributed by atoms with Crippen LogP contribution in [0.2, 0.25) is 5.02 Å². The Kier molecular flexibility index (Phi) is 8.51. The summed E-state index contributed by atoms with van der Waals surface area (Å²) in [5, 5.41) is 0.686. The molecule has 2 aromatic carbocycles. The summed E-state index contributed by atoms with van der Waals surface area (Å²) in [5.74, 6) is 0.638. The van der Waals surface area contributed by atoms with E-state index in [4.69, 9.17) is 16.3 Å². The fourth-order valence-corrected chi connectivity index (χ4v) is 7.02. The molecule has 0 radical (unpaired) electrons. The van der Waals surface area contributed by atoms with Crippen molar-refractivity contribution < 1.29 is 18.7 Å². The lowest BCUT2D eigenvalue weighted by molar-refractivity contribution is -0.145. The normalized spacial score (nSPS) is 23.1. The van der Waals surface area contributed by atoms with E-state index < -0.39 is 10.8 Å². The molecular formula is C32H40ClFN2O3. The van der Waals surface area contributed by atoms with Crippen molar-refractivity contribution in [2.45, 2.75) is 76.5 Å². The fourth-order valence-electron chi connectivity index (χ4n) is 6.91. The van der Waals surface area contributed by atoms with Crippen molar-refractivity contribution in [3.05, 3.63) is 64.4 Å². The average Bonchev–Trinajstić information content (AvgIpc) is 3.45. The fraction of sp³-hybridized carbons (Fsp3) is 0.562. The van der Waals surface area contributed by atoms with E-state index in [2.05, 4.69) is 0 Å². The van der Waals surface area contributed by atoms with Gasteiger partial charge in [0.25, 0.3) is 0 Å². The van der Waals surface area contributed by atoms with Crippen LogP contribution in [0.15, 0.2) is 42.5 Å². The molecule has 7 heteroatoms. The maximum absolute atomic E-state index is 14.3. The van der Waals surface area contributed by atoms with Crippen LogP contribution in [0.4, 0.5) is 4.39 Å². The molecule has 1 aliphatic carbocycles.